The van der Waals surface area contributed by atoms with Gasteiger partial charge in [0.25, 0.3) is 0 Å². The van der Waals surface area contributed by atoms with Gasteiger partial charge in [0.05, 0.1) is 5.41 Å². The predicted molar refractivity (Wildman–Crippen MR) is 228 cm³/mol. The monoisotopic (exact) mass is 731 g/mol. The van der Waals surface area contributed by atoms with E-state index in [0.717, 1.165) is 78.2 Å². The van der Waals surface area contributed by atoms with Gasteiger partial charge in [-0.25, -0.2) is 9.98 Å². The summed E-state index contributed by atoms with van der Waals surface area (Å²) >= 11 is 0. The van der Waals surface area contributed by atoms with Crippen LogP contribution in [0.1, 0.15) is 45.1 Å². The van der Waals surface area contributed by atoms with Crippen LogP contribution in [-0.4, -0.2) is 11.7 Å². The summed E-state index contributed by atoms with van der Waals surface area (Å²) in [4.78, 5) is 10.3. The topological polar surface area (TPSA) is 59.1 Å². The summed E-state index contributed by atoms with van der Waals surface area (Å²) in [6.45, 7) is 0. The Kier molecular flexibility index (Phi) is 6.84. The summed E-state index contributed by atoms with van der Waals surface area (Å²) in [6, 6.07) is 66.1. The molecule has 0 bridgehead atoms. The second-order valence-corrected chi connectivity index (χ2v) is 14.9. The molecule has 2 aliphatic heterocycles. The van der Waals surface area contributed by atoms with E-state index in [1.807, 2.05) is 36.4 Å². The molecule has 1 atom stereocenters. The van der Waals surface area contributed by atoms with E-state index in [2.05, 4.69) is 157 Å². The Morgan fingerprint density at radius 1 is 0.456 bits per heavy atom. The van der Waals surface area contributed by atoms with E-state index in [-0.39, 0.29) is 6.17 Å². The van der Waals surface area contributed by atoms with Crippen LogP contribution in [0.3, 0.4) is 0 Å². The van der Waals surface area contributed by atoms with Crippen molar-refractivity contribution in [3.05, 3.63) is 227 Å². The van der Waals surface area contributed by atoms with Gasteiger partial charge in [0.15, 0.2) is 5.84 Å². The second-order valence-electron chi connectivity index (χ2n) is 14.9. The van der Waals surface area contributed by atoms with E-state index in [1.54, 1.807) is 0 Å². The molecule has 268 valence electrons. The van der Waals surface area contributed by atoms with Gasteiger partial charge in [-0.05, 0) is 75.3 Å². The summed E-state index contributed by atoms with van der Waals surface area (Å²) in [5.41, 5.74) is 13.6. The number of benzene rings is 8. The molecule has 5 nitrogen and oxygen atoms in total. The second kappa shape index (κ2) is 12.3. The van der Waals surface area contributed by atoms with Crippen LogP contribution in [-0.2, 0) is 5.41 Å². The molecule has 1 spiro atoms. The Hall–Kier alpha value is -7.50. The van der Waals surface area contributed by atoms with Crippen LogP contribution < -0.4 is 10.1 Å². The number of nitrogens with zero attached hydrogens (tertiary/aromatic N) is 2. The van der Waals surface area contributed by atoms with Crippen molar-refractivity contribution < 1.29 is 9.15 Å². The zero-order valence-corrected chi connectivity index (χ0v) is 30.7. The summed E-state index contributed by atoms with van der Waals surface area (Å²) in [5, 5.41) is 5.82. The highest BCUT2D eigenvalue weighted by molar-refractivity contribution is 6.15. The molecule has 1 aliphatic carbocycles. The highest BCUT2D eigenvalue weighted by atomic mass is 16.5. The van der Waals surface area contributed by atoms with Crippen LogP contribution in [0.5, 0.6) is 11.5 Å². The SMILES string of the molecule is c1ccc(C2N=C(c3ccc4c(c3)oc3ccccc34)N=C(c3cccc(-c4ccc5c(c4)Oc4ccccc4C54c5ccccc5-c5ccccc54)c3)N2)cc1. The molecule has 0 amide bonds. The number of hydrogen-bond acceptors (Lipinski definition) is 5. The molecule has 1 unspecified atom stereocenters. The Morgan fingerprint density at radius 2 is 1.11 bits per heavy atom. The first kappa shape index (κ1) is 31.8. The standard InChI is InChI=1S/C52H33N3O2/c1-2-13-32(14-3-1)49-53-50(55-51(54-49)36-25-27-40-39-19-6-10-23-45(39)56-47(40)31-36)35-16-12-15-33(29-35)34-26-28-44-48(30-34)57-46-24-11-9-22-43(46)52(44)41-20-7-4-17-37(41)38-18-5-8-21-42(38)52/h1-31,49H,(H,53,54,55). The molecule has 5 heteroatoms. The number of aliphatic imine (C=N–C) groups is 2. The number of fused-ring (bicyclic) bond motifs is 12. The lowest BCUT2D eigenvalue weighted by atomic mass is 9.66. The molecule has 0 saturated carbocycles. The number of furan rings is 1. The lowest BCUT2D eigenvalue weighted by molar-refractivity contribution is 0.436. The van der Waals surface area contributed by atoms with Gasteiger partial charge in [0.2, 0.25) is 0 Å². The van der Waals surface area contributed by atoms with Gasteiger partial charge in [-0.15, -0.1) is 0 Å². The molecular formula is C52H33N3O2. The molecule has 0 saturated heterocycles. The molecular weight excluding hydrogens is 699 g/mol. The van der Waals surface area contributed by atoms with E-state index in [9.17, 15) is 0 Å². The predicted octanol–water partition coefficient (Wildman–Crippen LogP) is 12.2. The van der Waals surface area contributed by atoms with Crippen LogP contribution >= 0.6 is 0 Å². The van der Waals surface area contributed by atoms with E-state index in [1.165, 1.54) is 22.3 Å². The Labute approximate surface area is 329 Å². The lowest BCUT2D eigenvalue weighted by Crippen LogP contribution is -2.33. The van der Waals surface area contributed by atoms with Gasteiger partial charge < -0.3 is 14.5 Å². The van der Waals surface area contributed by atoms with Crippen molar-refractivity contribution in [2.24, 2.45) is 9.98 Å². The number of hydrogen-bond donors (Lipinski definition) is 1. The van der Waals surface area contributed by atoms with Crippen LogP contribution in [0.25, 0.3) is 44.2 Å². The van der Waals surface area contributed by atoms with Gasteiger partial charge in [-0.1, -0.05) is 152 Å². The zero-order chi connectivity index (χ0) is 37.5. The van der Waals surface area contributed by atoms with Crippen LogP contribution in [0.2, 0.25) is 0 Å². The van der Waals surface area contributed by atoms with Gasteiger partial charge in [0, 0.05) is 33.0 Å². The molecule has 12 rings (SSSR count). The van der Waals surface area contributed by atoms with Crippen molar-refractivity contribution in [1.29, 1.82) is 0 Å². The summed E-state index contributed by atoms with van der Waals surface area (Å²) in [6.07, 6.45) is -0.325. The number of rotatable bonds is 4. The van der Waals surface area contributed by atoms with Crippen molar-refractivity contribution in [2.75, 3.05) is 0 Å². The molecule has 8 aromatic carbocycles. The van der Waals surface area contributed by atoms with Crippen molar-refractivity contribution in [2.45, 2.75) is 11.6 Å². The minimum Gasteiger partial charge on any atom is -0.457 e. The van der Waals surface area contributed by atoms with Crippen LogP contribution in [0.4, 0.5) is 0 Å². The highest BCUT2D eigenvalue weighted by Gasteiger charge is 2.50. The van der Waals surface area contributed by atoms with E-state index >= 15 is 0 Å². The van der Waals surface area contributed by atoms with Crippen molar-refractivity contribution in [1.82, 2.24) is 5.32 Å². The molecule has 1 aromatic heterocycles. The van der Waals surface area contributed by atoms with Gasteiger partial charge in [-0.2, -0.15) is 0 Å². The van der Waals surface area contributed by atoms with E-state index in [4.69, 9.17) is 19.1 Å². The minimum absolute atomic E-state index is 0.325. The highest BCUT2D eigenvalue weighted by Crippen LogP contribution is 2.62. The third-order valence-electron chi connectivity index (χ3n) is 11.8. The van der Waals surface area contributed by atoms with Crippen LogP contribution in [0, 0.1) is 0 Å². The molecule has 0 fully saturated rings. The normalized spacial score (nSPS) is 15.8. The van der Waals surface area contributed by atoms with Crippen LogP contribution in [0.15, 0.2) is 202 Å². The summed E-state index contributed by atoms with van der Waals surface area (Å²) in [7, 11) is 0. The first-order valence-electron chi connectivity index (χ1n) is 19.3. The number of amidine groups is 2. The summed E-state index contributed by atoms with van der Waals surface area (Å²) < 4.78 is 13.1. The van der Waals surface area contributed by atoms with Gasteiger partial charge in [-0.3, -0.25) is 0 Å². The zero-order valence-electron chi connectivity index (χ0n) is 30.7. The Bertz CT molecular complexity index is 3110. The molecule has 1 N–H and O–H groups in total. The smallest absolute Gasteiger partial charge is 0.159 e. The first-order chi connectivity index (χ1) is 28.2. The molecule has 57 heavy (non-hydrogen) atoms. The van der Waals surface area contributed by atoms with Gasteiger partial charge >= 0.3 is 0 Å². The number of para-hydroxylation sites is 2. The fraction of sp³-hybridized carbons (Fsp3) is 0.0385. The first-order valence-corrected chi connectivity index (χ1v) is 19.3. The van der Waals surface area contributed by atoms with Crippen molar-refractivity contribution >= 4 is 33.6 Å². The maximum Gasteiger partial charge on any atom is 0.159 e. The number of nitrogens with one attached hydrogen (secondary N) is 1. The van der Waals surface area contributed by atoms with E-state index in [0.29, 0.717) is 5.84 Å². The third-order valence-corrected chi connectivity index (χ3v) is 11.8. The van der Waals surface area contributed by atoms with Crippen molar-refractivity contribution in [3.63, 3.8) is 0 Å². The fourth-order valence-corrected chi connectivity index (χ4v) is 9.28. The molecule has 3 heterocycles. The lowest BCUT2D eigenvalue weighted by Gasteiger charge is -2.39. The van der Waals surface area contributed by atoms with Gasteiger partial charge in [0.1, 0.15) is 34.7 Å². The third kappa shape index (κ3) is 4.76. The average molecular weight is 732 g/mol. The minimum atomic E-state index is -0.494. The number of ether oxygens (including phenoxy) is 1. The maximum absolute atomic E-state index is 6.82. The fourth-order valence-electron chi connectivity index (χ4n) is 9.28. The Morgan fingerprint density at radius 3 is 1.95 bits per heavy atom. The molecule has 3 aliphatic rings. The largest absolute Gasteiger partial charge is 0.457 e. The Balaban J connectivity index is 0.968. The average Bonchev–Trinajstić information content (AvgIpc) is 3.80. The van der Waals surface area contributed by atoms with Crippen molar-refractivity contribution in [3.8, 4) is 33.8 Å². The maximum atomic E-state index is 6.82. The van der Waals surface area contributed by atoms with E-state index < -0.39 is 5.41 Å². The quantitative estimate of drug-likeness (QED) is 0.196. The summed E-state index contributed by atoms with van der Waals surface area (Å²) in [5.74, 6) is 3.13. The molecule has 0 radical (unpaired) electrons. The molecule has 9 aromatic rings.